The van der Waals surface area contributed by atoms with E-state index in [-0.39, 0.29) is 0 Å². The summed E-state index contributed by atoms with van der Waals surface area (Å²) in [7, 11) is 0. The summed E-state index contributed by atoms with van der Waals surface area (Å²) in [6.45, 7) is 1.61. The Morgan fingerprint density at radius 1 is 0.609 bits per heavy atom. The normalized spacial score (nSPS) is 12.2. The number of rotatable bonds is 8. The van der Waals surface area contributed by atoms with Gasteiger partial charge >= 0.3 is 0 Å². The molecule has 0 aliphatic carbocycles. The van der Waals surface area contributed by atoms with Crippen LogP contribution in [0.15, 0.2) is 82.8 Å². The number of nitrogens with zero attached hydrogens (tertiary/aromatic N) is 2. The Hall–Kier alpha value is -2.74. The molecular weight excluding hydrogens is 280 g/mol. The Morgan fingerprint density at radius 3 is 1.48 bits per heavy atom. The zero-order chi connectivity index (χ0) is 16.0. The van der Waals surface area contributed by atoms with Crippen LogP contribution < -0.4 is 0 Å². The molecule has 2 nitrogen and oxygen atoms in total. The molecule has 23 heavy (non-hydrogen) atoms. The lowest BCUT2D eigenvalue weighted by Crippen LogP contribution is -1.86. The molecule has 0 aliphatic rings. The maximum Gasteiger partial charge on any atom is 0.0406 e. The Balaban J connectivity index is 1.57. The molecule has 0 spiro atoms. The van der Waals surface area contributed by atoms with Crippen LogP contribution in [-0.2, 0) is 0 Å². The van der Waals surface area contributed by atoms with Crippen LogP contribution in [0, 0.1) is 0 Å². The summed E-state index contributed by atoms with van der Waals surface area (Å²) in [6.07, 6.45) is 12.7. The Kier molecular flexibility index (Phi) is 7.89. The molecule has 116 valence electrons. The molecule has 0 amide bonds. The van der Waals surface area contributed by atoms with E-state index >= 15 is 0 Å². The number of hydrogen-bond acceptors (Lipinski definition) is 2. The Morgan fingerprint density at radius 2 is 1.04 bits per heavy atom. The first-order valence-electron chi connectivity index (χ1n) is 7.88. The molecule has 0 heterocycles. The van der Waals surface area contributed by atoms with Gasteiger partial charge in [-0.05, 0) is 29.7 Å². The summed E-state index contributed by atoms with van der Waals surface area (Å²) in [4.78, 5) is 8.70. The molecule has 0 bridgehead atoms. The molecule has 2 aromatic carbocycles. The largest absolute Gasteiger partial charge is 0.293 e. The molecule has 0 unspecified atom stereocenters. The summed E-state index contributed by atoms with van der Waals surface area (Å²) >= 11 is 0. The summed E-state index contributed by atoms with van der Waals surface area (Å²) in [5, 5.41) is 0. The van der Waals surface area contributed by atoms with Crippen LogP contribution in [0.1, 0.15) is 17.5 Å². The number of benzene rings is 2. The highest BCUT2D eigenvalue weighted by molar-refractivity contribution is 5.78. The van der Waals surface area contributed by atoms with Crippen LogP contribution >= 0.6 is 0 Å². The fourth-order valence-electron chi connectivity index (χ4n) is 1.96. The summed E-state index contributed by atoms with van der Waals surface area (Å²) in [6, 6.07) is 20.4. The second-order valence-corrected chi connectivity index (χ2v) is 5.00. The van der Waals surface area contributed by atoms with Gasteiger partial charge in [-0.25, -0.2) is 0 Å². The monoisotopic (exact) mass is 302 g/mol. The van der Waals surface area contributed by atoms with Crippen molar-refractivity contribution in [2.45, 2.75) is 6.42 Å². The van der Waals surface area contributed by atoms with Gasteiger partial charge in [0.25, 0.3) is 0 Å². The third-order valence-corrected chi connectivity index (χ3v) is 3.13. The van der Waals surface area contributed by atoms with Gasteiger partial charge < -0.3 is 0 Å². The van der Waals surface area contributed by atoms with Crippen LogP contribution in [0.4, 0.5) is 0 Å². The third-order valence-electron chi connectivity index (χ3n) is 3.13. The molecule has 0 atom stereocenters. The predicted molar refractivity (Wildman–Crippen MR) is 102 cm³/mol. The molecule has 0 saturated heterocycles. The molecule has 0 N–H and O–H groups in total. The van der Waals surface area contributed by atoms with Gasteiger partial charge in [0.15, 0.2) is 0 Å². The summed E-state index contributed by atoms with van der Waals surface area (Å²) in [5.41, 5.74) is 2.38. The Labute approximate surface area is 138 Å². The van der Waals surface area contributed by atoms with Gasteiger partial charge in [-0.2, -0.15) is 0 Å². The number of aliphatic imine (C=N–C) groups is 2. The number of hydrogen-bond donors (Lipinski definition) is 0. The van der Waals surface area contributed by atoms with E-state index in [1.807, 2.05) is 61.0 Å². The van der Waals surface area contributed by atoms with Gasteiger partial charge in [0.1, 0.15) is 0 Å². The van der Waals surface area contributed by atoms with Crippen molar-refractivity contribution in [2.75, 3.05) is 13.1 Å². The first-order chi connectivity index (χ1) is 11.4. The average molecular weight is 302 g/mol. The maximum absolute atomic E-state index is 4.35. The second kappa shape index (κ2) is 10.9. The molecule has 2 rings (SSSR count). The summed E-state index contributed by atoms with van der Waals surface area (Å²) < 4.78 is 0. The number of allylic oxidation sites excluding steroid dienone is 2. The van der Waals surface area contributed by atoms with Crippen molar-refractivity contribution in [3.63, 3.8) is 0 Å². The fraction of sp³-hybridized carbons (Fsp3) is 0.143. The van der Waals surface area contributed by atoms with Gasteiger partial charge in [-0.3, -0.25) is 9.98 Å². The average Bonchev–Trinajstić information content (AvgIpc) is 2.61. The van der Waals surface area contributed by atoms with Crippen molar-refractivity contribution in [1.29, 1.82) is 0 Å². The molecule has 0 aromatic heterocycles. The second-order valence-electron chi connectivity index (χ2n) is 5.00. The van der Waals surface area contributed by atoms with Crippen LogP contribution in [0.3, 0.4) is 0 Å². The van der Waals surface area contributed by atoms with Crippen molar-refractivity contribution in [1.82, 2.24) is 0 Å². The first-order valence-corrected chi connectivity index (χ1v) is 7.88. The minimum atomic E-state index is 0.804. The zero-order valence-corrected chi connectivity index (χ0v) is 13.3. The SMILES string of the molecule is C(/C=C/c1ccccc1)=N/CCC/N=C/C=C/c1ccccc1. The highest BCUT2D eigenvalue weighted by Gasteiger charge is 1.83. The van der Waals surface area contributed by atoms with E-state index in [4.69, 9.17) is 0 Å². The zero-order valence-electron chi connectivity index (χ0n) is 13.3. The quantitative estimate of drug-likeness (QED) is 0.487. The van der Waals surface area contributed by atoms with E-state index < -0.39 is 0 Å². The van der Waals surface area contributed by atoms with Crippen LogP contribution in [0.2, 0.25) is 0 Å². The van der Waals surface area contributed by atoms with Gasteiger partial charge in [0, 0.05) is 25.5 Å². The molecule has 0 fully saturated rings. The lowest BCUT2D eigenvalue weighted by Gasteiger charge is -1.91. The topological polar surface area (TPSA) is 24.7 Å². The molecule has 0 radical (unpaired) electrons. The highest BCUT2D eigenvalue weighted by atomic mass is 14.7. The molecule has 2 heteroatoms. The highest BCUT2D eigenvalue weighted by Crippen LogP contribution is 2.00. The lowest BCUT2D eigenvalue weighted by atomic mass is 10.2. The van der Waals surface area contributed by atoms with Crippen molar-refractivity contribution >= 4 is 24.6 Å². The minimum Gasteiger partial charge on any atom is -0.293 e. The van der Waals surface area contributed by atoms with Crippen LogP contribution in [0.25, 0.3) is 12.2 Å². The van der Waals surface area contributed by atoms with E-state index in [2.05, 4.69) is 46.4 Å². The van der Waals surface area contributed by atoms with Crippen LogP contribution in [0.5, 0.6) is 0 Å². The minimum absolute atomic E-state index is 0.804. The first kappa shape index (κ1) is 16.6. The Bertz CT molecular complexity index is 593. The molecule has 0 saturated carbocycles. The van der Waals surface area contributed by atoms with E-state index in [9.17, 15) is 0 Å². The fourth-order valence-corrected chi connectivity index (χ4v) is 1.96. The standard InChI is InChI=1S/C21H22N2/c1-3-10-20(11-4-1)14-7-16-22-18-9-19-23-17-8-15-21-12-5-2-6-13-21/h1-8,10-17H,9,18-19H2/b14-7+,15-8+,22-16-,23-17+. The molecular formula is C21H22N2. The van der Waals surface area contributed by atoms with Gasteiger partial charge in [0.2, 0.25) is 0 Å². The maximum atomic E-state index is 4.35. The van der Waals surface area contributed by atoms with Crippen molar-refractivity contribution in [2.24, 2.45) is 9.98 Å². The van der Waals surface area contributed by atoms with Gasteiger partial charge in [-0.15, -0.1) is 0 Å². The third kappa shape index (κ3) is 7.72. The van der Waals surface area contributed by atoms with Gasteiger partial charge in [-0.1, -0.05) is 72.8 Å². The lowest BCUT2D eigenvalue weighted by molar-refractivity contribution is 0.851. The smallest absolute Gasteiger partial charge is 0.0406 e. The van der Waals surface area contributed by atoms with Gasteiger partial charge in [0.05, 0.1) is 0 Å². The predicted octanol–water partition coefficient (Wildman–Crippen LogP) is 4.94. The van der Waals surface area contributed by atoms with Crippen molar-refractivity contribution < 1.29 is 0 Å². The van der Waals surface area contributed by atoms with E-state index in [1.54, 1.807) is 0 Å². The van der Waals surface area contributed by atoms with Crippen LogP contribution in [-0.4, -0.2) is 25.5 Å². The van der Waals surface area contributed by atoms with E-state index in [1.165, 1.54) is 11.1 Å². The molecule has 0 aliphatic heterocycles. The van der Waals surface area contributed by atoms with E-state index in [0.29, 0.717) is 0 Å². The summed E-state index contributed by atoms with van der Waals surface area (Å²) in [5.74, 6) is 0. The molecule has 2 aromatic rings. The van der Waals surface area contributed by atoms with Crippen molar-refractivity contribution in [3.05, 3.63) is 83.9 Å². The van der Waals surface area contributed by atoms with Crippen molar-refractivity contribution in [3.8, 4) is 0 Å². The van der Waals surface area contributed by atoms with E-state index in [0.717, 1.165) is 19.5 Å².